The number of halogens is 6. The number of carbonyl (C=O) groups excluding carboxylic acids is 4. The van der Waals surface area contributed by atoms with Crippen molar-refractivity contribution in [2.75, 3.05) is 0 Å². The number of amides is 4. The van der Waals surface area contributed by atoms with Gasteiger partial charge in [-0.2, -0.15) is 13.2 Å². The second-order valence-corrected chi connectivity index (χ2v) is 7.97. The lowest BCUT2D eigenvalue weighted by Crippen LogP contribution is -2.52. The summed E-state index contributed by atoms with van der Waals surface area (Å²) in [6, 6.07) is -0.627. The average Bonchev–Trinajstić information content (AvgIpc) is 3.10. The van der Waals surface area contributed by atoms with Crippen LogP contribution in [0.3, 0.4) is 0 Å². The summed E-state index contributed by atoms with van der Waals surface area (Å²) in [4.78, 5) is 49.7. The van der Waals surface area contributed by atoms with Gasteiger partial charge < -0.3 is 10.2 Å². The Balaban J connectivity index is 1.61. The van der Waals surface area contributed by atoms with Crippen LogP contribution in [0, 0.1) is 17.5 Å². The van der Waals surface area contributed by atoms with Crippen molar-refractivity contribution in [3.05, 3.63) is 70.0 Å². The summed E-state index contributed by atoms with van der Waals surface area (Å²) >= 11 is 0. The van der Waals surface area contributed by atoms with Crippen LogP contribution in [0.25, 0.3) is 0 Å². The SMILES string of the molecule is O=C1CCC(N2Cc3c(ccc(C(=O)N[C@H](c4ccc(F)c(F)c4)C(F)(F)F)c3F)C2=O)C(=O)N1. The largest absolute Gasteiger partial charge is 0.412 e. The van der Waals surface area contributed by atoms with Gasteiger partial charge in [-0.25, -0.2) is 13.2 Å². The van der Waals surface area contributed by atoms with Crippen molar-refractivity contribution >= 4 is 23.6 Å². The van der Waals surface area contributed by atoms with Crippen LogP contribution in [0.15, 0.2) is 30.3 Å². The number of alkyl halides is 3. The van der Waals surface area contributed by atoms with Crippen LogP contribution in [0.2, 0.25) is 0 Å². The third-order valence-corrected chi connectivity index (χ3v) is 5.77. The van der Waals surface area contributed by atoms with Crippen molar-refractivity contribution in [3.8, 4) is 0 Å². The number of piperidine rings is 1. The molecule has 2 aromatic carbocycles. The minimum Gasteiger partial charge on any atom is -0.337 e. The maximum absolute atomic E-state index is 15.2. The van der Waals surface area contributed by atoms with Gasteiger partial charge >= 0.3 is 6.18 Å². The normalized spacial score (nSPS) is 18.9. The van der Waals surface area contributed by atoms with E-state index in [1.54, 1.807) is 5.32 Å². The number of nitrogens with one attached hydrogen (secondary N) is 2. The lowest BCUT2D eigenvalue weighted by atomic mass is 10.0. The number of hydrogen-bond donors (Lipinski definition) is 2. The van der Waals surface area contributed by atoms with Crippen LogP contribution >= 0.6 is 0 Å². The first-order valence-corrected chi connectivity index (χ1v) is 10.2. The van der Waals surface area contributed by atoms with E-state index in [2.05, 4.69) is 5.32 Å². The first kappa shape index (κ1) is 24.2. The molecule has 0 spiro atoms. The molecule has 0 saturated carbocycles. The smallest absolute Gasteiger partial charge is 0.337 e. The maximum atomic E-state index is 15.2. The molecule has 0 aliphatic carbocycles. The zero-order chi connectivity index (χ0) is 25.7. The summed E-state index contributed by atoms with van der Waals surface area (Å²) in [5.41, 5.74) is -2.12. The molecule has 2 aliphatic heterocycles. The van der Waals surface area contributed by atoms with Crippen molar-refractivity contribution in [2.45, 2.75) is 37.6 Å². The van der Waals surface area contributed by atoms with Crippen LogP contribution < -0.4 is 10.6 Å². The third-order valence-electron chi connectivity index (χ3n) is 5.77. The number of hydrogen-bond acceptors (Lipinski definition) is 4. The van der Waals surface area contributed by atoms with Crippen LogP contribution in [-0.4, -0.2) is 40.7 Å². The van der Waals surface area contributed by atoms with E-state index in [1.807, 2.05) is 0 Å². The van der Waals surface area contributed by atoms with Gasteiger partial charge in [0.2, 0.25) is 11.8 Å². The van der Waals surface area contributed by atoms with Crippen molar-refractivity contribution in [1.82, 2.24) is 15.5 Å². The minimum atomic E-state index is -5.13. The van der Waals surface area contributed by atoms with Crippen LogP contribution in [-0.2, 0) is 16.1 Å². The highest BCUT2D eigenvalue weighted by Gasteiger charge is 2.44. The molecule has 4 amide bonds. The fourth-order valence-corrected chi connectivity index (χ4v) is 4.03. The summed E-state index contributed by atoms with van der Waals surface area (Å²) in [5.74, 6) is -7.76. The number of nitrogens with zero attached hydrogens (tertiary/aromatic N) is 1. The molecule has 2 aliphatic rings. The molecule has 2 atom stereocenters. The molecule has 1 saturated heterocycles. The predicted molar refractivity (Wildman–Crippen MR) is 105 cm³/mol. The van der Waals surface area contributed by atoms with Gasteiger partial charge in [-0.15, -0.1) is 0 Å². The Morgan fingerprint density at radius 1 is 1.06 bits per heavy atom. The van der Waals surface area contributed by atoms with E-state index in [9.17, 15) is 41.1 Å². The molecule has 35 heavy (non-hydrogen) atoms. The Morgan fingerprint density at radius 2 is 1.77 bits per heavy atom. The summed E-state index contributed by atoms with van der Waals surface area (Å²) in [5, 5.41) is 3.64. The molecule has 4 rings (SSSR count). The van der Waals surface area contributed by atoms with Gasteiger partial charge in [0.15, 0.2) is 17.7 Å². The highest BCUT2D eigenvalue weighted by molar-refractivity contribution is 6.06. The van der Waals surface area contributed by atoms with Crippen molar-refractivity contribution in [2.24, 2.45) is 0 Å². The lowest BCUT2D eigenvalue weighted by Gasteiger charge is -2.29. The summed E-state index contributed by atoms with van der Waals surface area (Å²) in [6.45, 7) is -0.445. The van der Waals surface area contributed by atoms with E-state index < -0.39 is 77.0 Å². The predicted octanol–water partition coefficient (Wildman–Crippen LogP) is 2.90. The van der Waals surface area contributed by atoms with Crippen molar-refractivity contribution < 1.29 is 45.5 Å². The van der Waals surface area contributed by atoms with Gasteiger partial charge in [-0.3, -0.25) is 24.5 Å². The molecule has 1 unspecified atom stereocenters. The number of carbonyl (C=O) groups is 4. The molecular formula is C22H15F6N3O4. The quantitative estimate of drug-likeness (QED) is 0.500. The Morgan fingerprint density at radius 3 is 2.40 bits per heavy atom. The number of rotatable bonds is 4. The second kappa shape index (κ2) is 8.71. The van der Waals surface area contributed by atoms with Gasteiger partial charge in [-0.05, 0) is 36.2 Å². The zero-order valence-corrected chi connectivity index (χ0v) is 17.5. The molecule has 13 heteroatoms. The fourth-order valence-electron chi connectivity index (χ4n) is 4.03. The zero-order valence-electron chi connectivity index (χ0n) is 17.5. The Kier molecular flexibility index (Phi) is 6.03. The van der Waals surface area contributed by atoms with Gasteiger partial charge in [0.25, 0.3) is 11.8 Å². The molecule has 0 radical (unpaired) electrons. The first-order chi connectivity index (χ1) is 16.4. The Hall–Kier alpha value is -3.90. The molecule has 7 nitrogen and oxygen atoms in total. The van der Waals surface area contributed by atoms with E-state index >= 15 is 4.39 Å². The van der Waals surface area contributed by atoms with E-state index in [4.69, 9.17) is 0 Å². The van der Waals surface area contributed by atoms with E-state index in [0.29, 0.717) is 12.1 Å². The number of imide groups is 1. The van der Waals surface area contributed by atoms with E-state index in [1.165, 1.54) is 0 Å². The summed E-state index contributed by atoms with van der Waals surface area (Å²) < 4.78 is 82.5. The molecule has 0 bridgehead atoms. The fraction of sp³-hybridized carbons (Fsp3) is 0.273. The highest BCUT2D eigenvalue weighted by atomic mass is 19.4. The topological polar surface area (TPSA) is 95.6 Å². The van der Waals surface area contributed by atoms with Crippen LogP contribution in [0.1, 0.15) is 50.7 Å². The maximum Gasteiger partial charge on any atom is 0.412 e. The minimum absolute atomic E-state index is 0.000843. The standard InChI is InChI=1S/C22H15F6N3O4/c23-13-4-1-9(7-14(13)24)18(22(26,27)28)30-19(33)11-3-2-10-12(17(11)25)8-31(21(10)35)15-5-6-16(32)29-20(15)34/h1-4,7,15,18H,5-6,8H2,(H,30,33)(H,29,32,34)/t15?,18-/m1/s1. The van der Waals surface area contributed by atoms with Crippen LogP contribution in [0.4, 0.5) is 26.3 Å². The third kappa shape index (κ3) is 4.45. The lowest BCUT2D eigenvalue weighted by molar-refractivity contribution is -0.155. The summed E-state index contributed by atoms with van der Waals surface area (Å²) in [6.07, 6.45) is -5.18. The number of fused-ring (bicyclic) bond motifs is 1. The number of benzene rings is 2. The van der Waals surface area contributed by atoms with Gasteiger partial charge in [0.1, 0.15) is 11.9 Å². The van der Waals surface area contributed by atoms with Crippen molar-refractivity contribution in [3.63, 3.8) is 0 Å². The van der Waals surface area contributed by atoms with E-state index in [0.717, 1.165) is 17.0 Å². The molecule has 184 valence electrons. The molecule has 2 aromatic rings. The first-order valence-electron chi connectivity index (χ1n) is 10.2. The van der Waals surface area contributed by atoms with Gasteiger partial charge in [0, 0.05) is 17.5 Å². The van der Waals surface area contributed by atoms with Crippen molar-refractivity contribution in [1.29, 1.82) is 0 Å². The van der Waals surface area contributed by atoms with E-state index in [-0.39, 0.29) is 30.0 Å². The molecule has 0 aromatic heterocycles. The van der Waals surface area contributed by atoms with Crippen LogP contribution in [0.5, 0.6) is 0 Å². The Bertz CT molecular complexity index is 1260. The van der Waals surface area contributed by atoms with Gasteiger partial charge in [-0.1, -0.05) is 6.07 Å². The molecule has 1 fully saturated rings. The molecule has 2 N–H and O–H groups in total. The monoisotopic (exact) mass is 499 g/mol. The summed E-state index contributed by atoms with van der Waals surface area (Å²) in [7, 11) is 0. The highest BCUT2D eigenvalue weighted by Crippen LogP contribution is 2.35. The molecule has 2 heterocycles. The molecular weight excluding hydrogens is 484 g/mol. The second-order valence-electron chi connectivity index (χ2n) is 7.97. The average molecular weight is 499 g/mol. The Labute approximate surface area is 193 Å². The van der Waals surface area contributed by atoms with Gasteiger partial charge in [0.05, 0.1) is 12.1 Å².